The van der Waals surface area contributed by atoms with Gasteiger partial charge in [-0.05, 0) is 30.0 Å². The molecule has 0 unspecified atom stereocenters. The van der Waals surface area contributed by atoms with Crippen LogP contribution >= 0.6 is 22.7 Å². The average Bonchev–Trinajstić information content (AvgIpc) is 2.98. The number of thiophene rings is 1. The molecular weight excluding hydrogens is 260 g/mol. The van der Waals surface area contributed by atoms with Gasteiger partial charge in [-0.2, -0.15) is 11.3 Å². The number of nitrogens with zero attached hydrogens (tertiary/aromatic N) is 1. The highest BCUT2D eigenvalue weighted by Crippen LogP contribution is 2.32. The van der Waals surface area contributed by atoms with Crippen molar-refractivity contribution in [2.45, 2.75) is 6.92 Å². The third kappa shape index (κ3) is 2.05. The van der Waals surface area contributed by atoms with Gasteiger partial charge in [0.1, 0.15) is 5.01 Å². The number of nitrogen functional groups attached to an aromatic ring is 1. The highest BCUT2D eigenvalue weighted by Gasteiger charge is 2.09. The Hall–Kier alpha value is -1.65. The third-order valence-electron chi connectivity index (χ3n) is 2.80. The molecule has 0 aliphatic rings. The summed E-state index contributed by atoms with van der Waals surface area (Å²) >= 11 is 3.40. The van der Waals surface area contributed by atoms with Gasteiger partial charge >= 0.3 is 0 Å². The van der Waals surface area contributed by atoms with Crippen LogP contribution in [0.25, 0.3) is 21.8 Å². The molecule has 0 fully saturated rings. The normalized spacial score (nSPS) is 10.7. The van der Waals surface area contributed by atoms with Crippen molar-refractivity contribution in [1.82, 2.24) is 4.98 Å². The predicted octanol–water partition coefficient (Wildman–Crippen LogP) is 4.43. The summed E-state index contributed by atoms with van der Waals surface area (Å²) in [7, 11) is 0. The number of nitrogens with two attached hydrogens (primary N) is 1. The monoisotopic (exact) mass is 272 g/mol. The van der Waals surface area contributed by atoms with Crippen LogP contribution in [0.3, 0.4) is 0 Å². The van der Waals surface area contributed by atoms with Crippen molar-refractivity contribution in [2.75, 3.05) is 5.73 Å². The maximum absolute atomic E-state index is 5.69. The van der Waals surface area contributed by atoms with Gasteiger partial charge in [0.25, 0.3) is 0 Å². The van der Waals surface area contributed by atoms with E-state index < -0.39 is 0 Å². The lowest BCUT2D eigenvalue weighted by molar-refractivity contribution is 1.39. The first-order valence-electron chi connectivity index (χ1n) is 5.58. The summed E-state index contributed by atoms with van der Waals surface area (Å²) in [6, 6.07) is 7.83. The topological polar surface area (TPSA) is 38.9 Å². The molecule has 2 nitrogen and oxygen atoms in total. The van der Waals surface area contributed by atoms with Crippen molar-refractivity contribution in [1.29, 1.82) is 0 Å². The molecule has 0 radical (unpaired) electrons. The van der Waals surface area contributed by atoms with Crippen LogP contribution in [0.1, 0.15) is 5.56 Å². The lowest BCUT2D eigenvalue weighted by Crippen LogP contribution is -1.84. The summed E-state index contributed by atoms with van der Waals surface area (Å²) in [5.74, 6) is 0. The molecule has 0 aliphatic heterocycles. The molecule has 3 aromatic rings. The van der Waals surface area contributed by atoms with Gasteiger partial charge in [-0.15, -0.1) is 11.3 Å². The van der Waals surface area contributed by atoms with Crippen LogP contribution in [0.4, 0.5) is 5.69 Å². The Morgan fingerprint density at radius 3 is 2.50 bits per heavy atom. The number of thiazole rings is 1. The predicted molar refractivity (Wildman–Crippen MR) is 80.0 cm³/mol. The highest BCUT2D eigenvalue weighted by atomic mass is 32.1. The van der Waals surface area contributed by atoms with E-state index in [0.717, 1.165) is 22.0 Å². The molecule has 0 saturated carbocycles. The minimum Gasteiger partial charge on any atom is -0.399 e. The Balaban J connectivity index is 1.99. The second-order valence-electron chi connectivity index (χ2n) is 4.13. The van der Waals surface area contributed by atoms with Gasteiger partial charge in [0.15, 0.2) is 0 Å². The number of hydrogen-bond acceptors (Lipinski definition) is 4. The van der Waals surface area contributed by atoms with Gasteiger partial charge in [-0.1, -0.05) is 12.1 Å². The summed E-state index contributed by atoms with van der Waals surface area (Å²) in [6.45, 7) is 2.12. The van der Waals surface area contributed by atoms with Gasteiger partial charge in [-0.3, -0.25) is 0 Å². The molecule has 2 N–H and O–H groups in total. The SMILES string of the molecule is Cc1cscc1-c1nc(-c2ccc(N)cc2)cs1. The summed E-state index contributed by atoms with van der Waals surface area (Å²) < 4.78 is 0. The zero-order valence-electron chi connectivity index (χ0n) is 9.88. The Labute approximate surface area is 114 Å². The molecule has 0 spiro atoms. The molecule has 4 heteroatoms. The van der Waals surface area contributed by atoms with E-state index in [2.05, 4.69) is 23.1 Å². The summed E-state index contributed by atoms with van der Waals surface area (Å²) in [4.78, 5) is 4.70. The fraction of sp³-hybridized carbons (Fsp3) is 0.0714. The summed E-state index contributed by atoms with van der Waals surface area (Å²) in [6.07, 6.45) is 0. The standard InChI is InChI=1S/C14H12N2S2/c1-9-6-17-7-12(9)14-16-13(8-18-14)10-2-4-11(15)5-3-10/h2-8H,15H2,1H3. The number of hydrogen-bond donors (Lipinski definition) is 1. The van der Waals surface area contributed by atoms with E-state index in [9.17, 15) is 0 Å². The molecule has 0 saturated heterocycles. The maximum Gasteiger partial charge on any atom is 0.125 e. The van der Waals surface area contributed by atoms with Gasteiger partial charge in [-0.25, -0.2) is 4.98 Å². The van der Waals surface area contributed by atoms with Crippen LogP contribution in [0, 0.1) is 6.92 Å². The van der Waals surface area contributed by atoms with Crippen LogP contribution < -0.4 is 5.73 Å². The average molecular weight is 272 g/mol. The van der Waals surface area contributed by atoms with Crippen LogP contribution in [0.2, 0.25) is 0 Å². The van der Waals surface area contributed by atoms with Crippen LogP contribution in [0.15, 0.2) is 40.4 Å². The Morgan fingerprint density at radius 1 is 1.06 bits per heavy atom. The van der Waals surface area contributed by atoms with Crippen molar-refractivity contribution in [3.8, 4) is 21.8 Å². The zero-order chi connectivity index (χ0) is 12.5. The second kappa shape index (κ2) is 4.55. The van der Waals surface area contributed by atoms with E-state index in [1.54, 1.807) is 22.7 Å². The van der Waals surface area contributed by atoms with Crippen LogP contribution in [-0.4, -0.2) is 4.98 Å². The number of benzene rings is 1. The second-order valence-corrected chi connectivity index (χ2v) is 5.73. The maximum atomic E-state index is 5.69. The molecular formula is C14H12N2S2. The summed E-state index contributed by atoms with van der Waals surface area (Å²) in [5.41, 5.74) is 11.1. The van der Waals surface area contributed by atoms with Gasteiger partial charge in [0.05, 0.1) is 5.69 Å². The van der Waals surface area contributed by atoms with Crippen LogP contribution in [-0.2, 0) is 0 Å². The molecule has 3 rings (SSSR count). The van der Waals surface area contributed by atoms with E-state index in [-0.39, 0.29) is 0 Å². The third-order valence-corrected chi connectivity index (χ3v) is 4.53. The van der Waals surface area contributed by atoms with E-state index in [0.29, 0.717) is 0 Å². The number of aryl methyl sites for hydroxylation is 1. The Kier molecular flexibility index (Phi) is 2.89. The van der Waals surface area contributed by atoms with E-state index >= 15 is 0 Å². The van der Waals surface area contributed by atoms with Gasteiger partial charge in [0.2, 0.25) is 0 Å². The van der Waals surface area contributed by atoms with Crippen molar-refractivity contribution >= 4 is 28.4 Å². The van der Waals surface area contributed by atoms with E-state index in [1.165, 1.54) is 11.1 Å². The Morgan fingerprint density at radius 2 is 1.83 bits per heavy atom. The number of aromatic nitrogens is 1. The molecule has 18 heavy (non-hydrogen) atoms. The first kappa shape index (κ1) is 11.4. The molecule has 0 aliphatic carbocycles. The lowest BCUT2D eigenvalue weighted by atomic mass is 10.1. The first-order valence-corrected chi connectivity index (χ1v) is 7.41. The molecule has 2 aromatic heterocycles. The summed E-state index contributed by atoms with van der Waals surface area (Å²) in [5, 5.41) is 7.49. The molecule has 0 atom stereocenters. The number of anilines is 1. The fourth-order valence-corrected chi connectivity index (χ4v) is 3.58. The van der Waals surface area contributed by atoms with Crippen molar-refractivity contribution < 1.29 is 0 Å². The Bertz CT molecular complexity index is 665. The number of rotatable bonds is 2. The lowest BCUT2D eigenvalue weighted by Gasteiger charge is -1.97. The van der Waals surface area contributed by atoms with Gasteiger partial charge < -0.3 is 5.73 Å². The van der Waals surface area contributed by atoms with Crippen molar-refractivity contribution in [2.24, 2.45) is 0 Å². The molecule has 90 valence electrons. The van der Waals surface area contributed by atoms with E-state index in [1.807, 2.05) is 24.3 Å². The largest absolute Gasteiger partial charge is 0.399 e. The first-order chi connectivity index (χ1) is 8.74. The van der Waals surface area contributed by atoms with Crippen LogP contribution in [0.5, 0.6) is 0 Å². The minimum atomic E-state index is 0.780. The minimum absolute atomic E-state index is 0.780. The quantitative estimate of drug-likeness (QED) is 0.701. The van der Waals surface area contributed by atoms with Gasteiger partial charge in [0, 0.05) is 27.6 Å². The molecule has 0 amide bonds. The highest BCUT2D eigenvalue weighted by molar-refractivity contribution is 7.14. The molecule has 2 heterocycles. The fourth-order valence-electron chi connectivity index (χ4n) is 1.76. The van der Waals surface area contributed by atoms with Crippen molar-refractivity contribution in [3.05, 3.63) is 46.0 Å². The van der Waals surface area contributed by atoms with E-state index in [4.69, 9.17) is 10.7 Å². The molecule has 0 bridgehead atoms. The molecule has 1 aromatic carbocycles. The zero-order valence-corrected chi connectivity index (χ0v) is 11.5. The van der Waals surface area contributed by atoms with Crippen molar-refractivity contribution in [3.63, 3.8) is 0 Å². The smallest absolute Gasteiger partial charge is 0.125 e.